The van der Waals surface area contributed by atoms with Crippen molar-refractivity contribution in [3.63, 3.8) is 0 Å². The predicted molar refractivity (Wildman–Crippen MR) is 77.9 cm³/mol. The fraction of sp³-hybridized carbons (Fsp3) is 0.438. The molecule has 1 saturated heterocycles. The van der Waals surface area contributed by atoms with Crippen molar-refractivity contribution in [2.24, 2.45) is 0 Å². The van der Waals surface area contributed by atoms with Gasteiger partial charge < -0.3 is 10.3 Å². The second kappa shape index (κ2) is 4.49. The topological polar surface area (TPSA) is 44.9 Å². The summed E-state index contributed by atoms with van der Waals surface area (Å²) in [7, 11) is 0. The first-order valence-corrected chi connectivity index (χ1v) is 6.95. The third kappa shape index (κ3) is 1.89. The van der Waals surface area contributed by atoms with E-state index in [2.05, 4.69) is 36.3 Å². The first-order chi connectivity index (χ1) is 9.09. The van der Waals surface area contributed by atoms with Crippen LogP contribution >= 0.6 is 0 Å². The summed E-state index contributed by atoms with van der Waals surface area (Å²) < 4.78 is 0. The van der Waals surface area contributed by atoms with Crippen LogP contribution < -0.4 is 5.32 Å². The number of hydrogen-bond acceptors (Lipinski definition) is 2. The average Bonchev–Trinajstić information content (AvgIpc) is 3.00. The summed E-state index contributed by atoms with van der Waals surface area (Å²) in [5, 5.41) is 4.37. The lowest BCUT2D eigenvalue weighted by atomic mass is 9.98. The quantitative estimate of drug-likeness (QED) is 0.811. The lowest BCUT2D eigenvalue weighted by molar-refractivity contribution is 0.0953. The lowest BCUT2D eigenvalue weighted by Crippen LogP contribution is -2.31. The highest BCUT2D eigenvalue weighted by Crippen LogP contribution is 2.28. The van der Waals surface area contributed by atoms with Gasteiger partial charge in [0.2, 0.25) is 0 Å². The summed E-state index contributed by atoms with van der Waals surface area (Å²) in [6.45, 7) is 7.16. The van der Waals surface area contributed by atoms with Crippen LogP contribution in [-0.2, 0) is 0 Å². The molecule has 1 atom stereocenters. The van der Waals surface area contributed by atoms with E-state index < -0.39 is 0 Å². The Bertz CT molecular complexity index is 648. The van der Waals surface area contributed by atoms with Crippen molar-refractivity contribution in [1.82, 2.24) is 10.3 Å². The van der Waals surface area contributed by atoms with Gasteiger partial charge in [-0.1, -0.05) is 12.1 Å². The monoisotopic (exact) mass is 256 g/mol. The molecule has 3 heteroatoms. The SMILES string of the molecule is Cc1ccc2c(C(=O)C3CCCN3)c(C)[nH]c2c1C. The van der Waals surface area contributed by atoms with Gasteiger partial charge in [-0.2, -0.15) is 0 Å². The molecule has 1 unspecified atom stereocenters. The van der Waals surface area contributed by atoms with E-state index in [0.29, 0.717) is 0 Å². The fourth-order valence-corrected chi connectivity index (χ4v) is 3.04. The molecule has 2 heterocycles. The van der Waals surface area contributed by atoms with Gasteiger partial charge in [0, 0.05) is 22.2 Å². The number of ketones is 1. The van der Waals surface area contributed by atoms with Gasteiger partial charge in [0.25, 0.3) is 0 Å². The van der Waals surface area contributed by atoms with Gasteiger partial charge in [-0.3, -0.25) is 4.79 Å². The Morgan fingerprint density at radius 1 is 1.26 bits per heavy atom. The van der Waals surface area contributed by atoms with Crippen molar-refractivity contribution in [2.75, 3.05) is 6.54 Å². The first kappa shape index (κ1) is 12.4. The molecule has 0 saturated carbocycles. The molecular formula is C16H20N2O. The predicted octanol–water partition coefficient (Wildman–Crippen LogP) is 3.03. The molecule has 100 valence electrons. The molecule has 0 aliphatic carbocycles. The number of nitrogens with one attached hydrogen (secondary N) is 2. The second-order valence-electron chi connectivity index (χ2n) is 5.57. The number of rotatable bonds is 2. The maximum absolute atomic E-state index is 12.7. The number of carbonyl (C=O) groups excluding carboxylic acids is 1. The molecular weight excluding hydrogens is 236 g/mol. The van der Waals surface area contributed by atoms with Crippen LogP contribution in [0.4, 0.5) is 0 Å². The van der Waals surface area contributed by atoms with Crippen LogP contribution in [0.1, 0.15) is 40.0 Å². The molecule has 1 aliphatic heterocycles. The van der Waals surface area contributed by atoms with E-state index in [4.69, 9.17) is 0 Å². The van der Waals surface area contributed by atoms with E-state index in [1.165, 1.54) is 11.1 Å². The summed E-state index contributed by atoms with van der Waals surface area (Å²) in [6.07, 6.45) is 2.05. The molecule has 0 radical (unpaired) electrons. The maximum atomic E-state index is 12.7. The zero-order valence-corrected chi connectivity index (χ0v) is 11.8. The van der Waals surface area contributed by atoms with Crippen molar-refractivity contribution in [1.29, 1.82) is 0 Å². The minimum atomic E-state index is -0.000640. The van der Waals surface area contributed by atoms with Gasteiger partial charge >= 0.3 is 0 Å². The summed E-state index contributed by atoms with van der Waals surface area (Å²) in [5.41, 5.74) is 5.46. The Balaban J connectivity index is 2.15. The molecule has 1 aromatic heterocycles. The number of Topliss-reactive ketones (excluding diaryl/α,β-unsaturated/α-hetero) is 1. The Morgan fingerprint density at radius 3 is 2.74 bits per heavy atom. The zero-order valence-electron chi connectivity index (χ0n) is 11.8. The summed E-state index contributed by atoms with van der Waals surface area (Å²) in [4.78, 5) is 16.0. The largest absolute Gasteiger partial charge is 0.358 e. The third-order valence-electron chi connectivity index (χ3n) is 4.32. The molecule has 1 fully saturated rings. The zero-order chi connectivity index (χ0) is 13.6. The Hall–Kier alpha value is -1.61. The molecule has 2 aromatic rings. The molecule has 1 aliphatic rings. The van der Waals surface area contributed by atoms with Crippen molar-refractivity contribution in [3.8, 4) is 0 Å². The Labute approximate surface area is 113 Å². The molecule has 19 heavy (non-hydrogen) atoms. The number of aryl methyl sites for hydroxylation is 3. The smallest absolute Gasteiger partial charge is 0.182 e. The number of aromatic nitrogens is 1. The highest BCUT2D eigenvalue weighted by molar-refractivity contribution is 6.12. The maximum Gasteiger partial charge on any atom is 0.182 e. The second-order valence-corrected chi connectivity index (χ2v) is 5.57. The van der Waals surface area contributed by atoms with Gasteiger partial charge in [0.15, 0.2) is 5.78 Å². The van der Waals surface area contributed by atoms with E-state index in [0.717, 1.165) is 41.5 Å². The highest BCUT2D eigenvalue weighted by Gasteiger charge is 2.27. The fourth-order valence-electron chi connectivity index (χ4n) is 3.04. The van der Waals surface area contributed by atoms with Crippen molar-refractivity contribution in [3.05, 3.63) is 34.5 Å². The van der Waals surface area contributed by atoms with Gasteiger partial charge in [-0.05, 0) is 51.3 Å². The number of hydrogen-bond donors (Lipinski definition) is 2. The summed E-state index contributed by atoms with van der Waals surface area (Å²) >= 11 is 0. The van der Waals surface area contributed by atoms with Crippen LogP contribution in [0.3, 0.4) is 0 Å². The minimum Gasteiger partial charge on any atom is -0.358 e. The third-order valence-corrected chi connectivity index (χ3v) is 4.32. The number of carbonyl (C=O) groups is 1. The van der Waals surface area contributed by atoms with Crippen LogP contribution in [0.2, 0.25) is 0 Å². The molecule has 3 rings (SSSR count). The van der Waals surface area contributed by atoms with Crippen molar-refractivity contribution in [2.45, 2.75) is 39.7 Å². The highest BCUT2D eigenvalue weighted by atomic mass is 16.1. The van der Waals surface area contributed by atoms with E-state index in [1.807, 2.05) is 6.92 Å². The molecule has 0 spiro atoms. The van der Waals surface area contributed by atoms with E-state index in [9.17, 15) is 4.79 Å². The number of benzene rings is 1. The van der Waals surface area contributed by atoms with Crippen molar-refractivity contribution >= 4 is 16.7 Å². The van der Waals surface area contributed by atoms with E-state index in [-0.39, 0.29) is 11.8 Å². The van der Waals surface area contributed by atoms with Crippen LogP contribution in [-0.4, -0.2) is 23.4 Å². The Morgan fingerprint density at radius 2 is 2.05 bits per heavy atom. The van der Waals surface area contributed by atoms with Gasteiger partial charge in [0.1, 0.15) is 0 Å². The molecule has 2 N–H and O–H groups in total. The number of aromatic amines is 1. The molecule has 3 nitrogen and oxygen atoms in total. The van der Waals surface area contributed by atoms with E-state index >= 15 is 0 Å². The van der Waals surface area contributed by atoms with E-state index in [1.54, 1.807) is 0 Å². The lowest BCUT2D eigenvalue weighted by Gasteiger charge is -2.09. The molecule has 1 aromatic carbocycles. The first-order valence-electron chi connectivity index (χ1n) is 6.95. The van der Waals surface area contributed by atoms with Crippen molar-refractivity contribution < 1.29 is 4.79 Å². The molecule has 0 bridgehead atoms. The van der Waals surface area contributed by atoms with Crippen LogP contribution in [0.5, 0.6) is 0 Å². The van der Waals surface area contributed by atoms with Crippen LogP contribution in [0.15, 0.2) is 12.1 Å². The number of H-pyrrole nitrogens is 1. The molecule has 0 amide bonds. The Kier molecular flexibility index (Phi) is 2.94. The summed E-state index contributed by atoms with van der Waals surface area (Å²) in [5.74, 6) is 0.240. The van der Waals surface area contributed by atoms with Crippen LogP contribution in [0.25, 0.3) is 10.9 Å². The summed E-state index contributed by atoms with van der Waals surface area (Å²) in [6, 6.07) is 4.17. The minimum absolute atomic E-state index is 0.000640. The normalized spacial score (nSPS) is 19.2. The van der Waals surface area contributed by atoms with Gasteiger partial charge in [-0.25, -0.2) is 0 Å². The average molecular weight is 256 g/mol. The standard InChI is InChI=1S/C16H20N2O/c1-9-6-7-12-14(11(3)18-15(12)10(9)2)16(19)13-5-4-8-17-13/h6-7,13,17-18H,4-5,8H2,1-3H3. The van der Waals surface area contributed by atoms with Crippen LogP contribution in [0, 0.1) is 20.8 Å². The number of fused-ring (bicyclic) bond motifs is 1. The van der Waals surface area contributed by atoms with Gasteiger partial charge in [-0.15, -0.1) is 0 Å². The van der Waals surface area contributed by atoms with Gasteiger partial charge in [0.05, 0.1) is 6.04 Å².